The molecule has 0 aromatic heterocycles. The van der Waals surface area contributed by atoms with Gasteiger partial charge in [-0.2, -0.15) is 0 Å². The van der Waals surface area contributed by atoms with E-state index in [1.807, 2.05) is 0 Å². The Morgan fingerprint density at radius 2 is 1.53 bits per heavy atom. The highest BCUT2D eigenvalue weighted by molar-refractivity contribution is 7.82. The fraction of sp³-hybridized carbons (Fsp3) is 0.750. The van der Waals surface area contributed by atoms with Crippen LogP contribution < -0.4 is 0 Å². The van der Waals surface area contributed by atoms with Gasteiger partial charge in [0, 0.05) is 0 Å². The van der Waals surface area contributed by atoms with Crippen LogP contribution in [-0.2, 0) is 30.1 Å². The van der Waals surface area contributed by atoms with Gasteiger partial charge in [0.1, 0.15) is 0 Å². The van der Waals surface area contributed by atoms with E-state index in [4.69, 9.17) is 4.55 Å². The normalized spacial score (nSPS) is 13.1. The highest BCUT2D eigenvalue weighted by Gasteiger charge is 2.50. The van der Waals surface area contributed by atoms with E-state index in [9.17, 15) is 13.8 Å². The van der Waals surface area contributed by atoms with Crippen molar-refractivity contribution < 1.29 is 27.8 Å². The molecule has 0 aliphatic rings. The second-order valence-electron chi connectivity index (χ2n) is 2.72. The molecule has 1 unspecified atom stereocenters. The molecular formula is C8H14O6S. The first-order chi connectivity index (χ1) is 6.91. The van der Waals surface area contributed by atoms with Crippen LogP contribution in [0.2, 0.25) is 0 Å². The van der Waals surface area contributed by atoms with Crippen LogP contribution in [-0.4, -0.2) is 38.7 Å². The zero-order chi connectivity index (χ0) is 12.1. The standard InChI is InChI=1S/C8H14O6S/c1-4-13-6(9)8(3,15(11)12)7(10)14-5-2/h4-5H2,1-3H3,(H,11,12). The molecule has 0 rings (SSSR count). The molecule has 6 nitrogen and oxygen atoms in total. The molecule has 1 atom stereocenters. The van der Waals surface area contributed by atoms with Crippen LogP contribution in [0, 0.1) is 0 Å². The summed E-state index contributed by atoms with van der Waals surface area (Å²) in [6.45, 7) is 4.11. The number of carbonyl (C=O) groups excluding carboxylic acids is 2. The highest BCUT2D eigenvalue weighted by Crippen LogP contribution is 2.17. The maximum absolute atomic E-state index is 11.3. The van der Waals surface area contributed by atoms with Crippen molar-refractivity contribution in [1.82, 2.24) is 0 Å². The van der Waals surface area contributed by atoms with Crippen LogP contribution in [0.1, 0.15) is 20.8 Å². The average Bonchev–Trinajstić information content (AvgIpc) is 2.16. The van der Waals surface area contributed by atoms with Gasteiger partial charge < -0.3 is 14.0 Å². The molecule has 1 N–H and O–H groups in total. The van der Waals surface area contributed by atoms with Crippen LogP contribution in [0.3, 0.4) is 0 Å². The fourth-order valence-electron chi connectivity index (χ4n) is 0.764. The smallest absolute Gasteiger partial charge is 0.338 e. The van der Waals surface area contributed by atoms with Crippen molar-refractivity contribution in [3.8, 4) is 0 Å². The summed E-state index contributed by atoms with van der Waals surface area (Å²) in [5, 5.41) is 0. The Bertz CT molecular complexity index is 256. The minimum absolute atomic E-state index is 0.0189. The van der Waals surface area contributed by atoms with Gasteiger partial charge >= 0.3 is 11.9 Å². The molecule has 7 heteroatoms. The Labute approximate surface area is 90.2 Å². The monoisotopic (exact) mass is 238 g/mol. The Morgan fingerprint density at radius 3 is 1.73 bits per heavy atom. The molecule has 0 saturated heterocycles. The van der Waals surface area contributed by atoms with E-state index >= 15 is 0 Å². The van der Waals surface area contributed by atoms with Gasteiger partial charge in [-0.05, 0) is 20.8 Å². The van der Waals surface area contributed by atoms with E-state index in [0.717, 1.165) is 6.92 Å². The lowest BCUT2D eigenvalue weighted by Gasteiger charge is -2.20. The quantitative estimate of drug-likeness (QED) is 0.415. The maximum atomic E-state index is 11.3. The maximum Gasteiger partial charge on any atom is 0.338 e. The lowest BCUT2D eigenvalue weighted by Crippen LogP contribution is -2.49. The molecule has 0 aromatic carbocycles. The summed E-state index contributed by atoms with van der Waals surface area (Å²) < 4.78 is 26.8. The lowest BCUT2D eigenvalue weighted by molar-refractivity contribution is -0.158. The van der Waals surface area contributed by atoms with Gasteiger partial charge in [-0.25, -0.2) is 13.8 Å². The Morgan fingerprint density at radius 1 is 1.20 bits per heavy atom. The summed E-state index contributed by atoms with van der Waals surface area (Å²) in [6.07, 6.45) is 0. The van der Waals surface area contributed by atoms with E-state index in [0.29, 0.717) is 0 Å². The SMILES string of the molecule is CCOC(=O)C(C)(C(=O)OCC)S(=O)O. The zero-order valence-corrected chi connectivity index (χ0v) is 9.63. The van der Waals surface area contributed by atoms with E-state index in [1.165, 1.54) is 13.8 Å². The van der Waals surface area contributed by atoms with Gasteiger partial charge in [-0.1, -0.05) is 0 Å². The lowest BCUT2D eigenvalue weighted by atomic mass is 10.2. The van der Waals surface area contributed by atoms with Crippen LogP contribution >= 0.6 is 0 Å². The van der Waals surface area contributed by atoms with E-state index < -0.39 is 27.8 Å². The van der Waals surface area contributed by atoms with Crippen LogP contribution in [0.5, 0.6) is 0 Å². The largest absolute Gasteiger partial charge is 0.464 e. The van der Waals surface area contributed by atoms with Gasteiger partial charge in [0.15, 0.2) is 11.1 Å². The average molecular weight is 238 g/mol. The summed E-state index contributed by atoms with van der Waals surface area (Å²) in [5.41, 5.74) is 0. The number of carbonyl (C=O) groups is 2. The second-order valence-corrected chi connectivity index (χ2v) is 4.04. The number of esters is 2. The van der Waals surface area contributed by atoms with Gasteiger partial charge in [0.2, 0.25) is 0 Å². The number of hydrogen-bond acceptors (Lipinski definition) is 5. The van der Waals surface area contributed by atoms with Gasteiger partial charge in [0.05, 0.1) is 13.2 Å². The van der Waals surface area contributed by atoms with E-state index in [1.54, 1.807) is 0 Å². The van der Waals surface area contributed by atoms with Crippen molar-refractivity contribution in [3.63, 3.8) is 0 Å². The predicted octanol–water partition coefficient (Wildman–Crippen LogP) is 0.0930. The Balaban J connectivity index is 4.97. The molecule has 0 aromatic rings. The Kier molecular flexibility index (Phi) is 5.45. The van der Waals surface area contributed by atoms with E-state index in [2.05, 4.69) is 9.47 Å². The number of ether oxygens (including phenoxy) is 2. The topological polar surface area (TPSA) is 89.9 Å². The molecule has 0 radical (unpaired) electrons. The minimum atomic E-state index is -2.68. The van der Waals surface area contributed by atoms with E-state index in [-0.39, 0.29) is 13.2 Å². The zero-order valence-electron chi connectivity index (χ0n) is 8.81. The molecule has 0 fully saturated rings. The third kappa shape index (κ3) is 3.00. The molecule has 0 aliphatic carbocycles. The third-order valence-corrected chi connectivity index (χ3v) is 2.71. The van der Waals surface area contributed by atoms with Gasteiger partial charge in [0.25, 0.3) is 4.75 Å². The molecule has 0 amide bonds. The third-order valence-electron chi connectivity index (χ3n) is 1.68. The number of rotatable bonds is 5. The fourth-order valence-corrected chi connectivity index (χ4v) is 1.17. The first kappa shape index (κ1) is 14.1. The Hall–Kier alpha value is -0.950. The van der Waals surface area contributed by atoms with Crippen LogP contribution in [0.15, 0.2) is 0 Å². The van der Waals surface area contributed by atoms with Crippen LogP contribution in [0.4, 0.5) is 0 Å². The molecule has 15 heavy (non-hydrogen) atoms. The van der Waals surface area contributed by atoms with Crippen LogP contribution in [0.25, 0.3) is 0 Å². The summed E-state index contributed by atoms with van der Waals surface area (Å²) >= 11 is -2.68. The summed E-state index contributed by atoms with van der Waals surface area (Å²) in [5.74, 6) is -2.13. The molecule has 0 spiro atoms. The number of hydrogen-bond donors (Lipinski definition) is 1. The van der Waals surface area contributed by atoms with Crippen molar-refractivity contribution in [3.05, 3.63) is 0 Å². The minimum Gasteiger partial charge on any atom is -0.464 e. The van der Waals surface area contributed by atoms with Gasteiger partial charge in [-0.15, -0.1) is 0 Å². The van der Waals surface area contributed by atoms with Gasteiger partial charge in [-0.3, -0.25) is 0 Å². The second kappa shape index (κ2) is 5.82. The molecular weight excluding hydrogens is 224 g/mol. The molecule has 0 saturated carbocycles. The van der Waals surface area contributed by atoms with Crippen molar-refractivity contribution in [1.29, 1.82) is 0 Å². The summed E-state index contributed by atoms with van der Waals surface area (Å²) in [7, 11) is 0. The highest BCUT2D eigenvalue weighted by atomic mass is 32.2. The summed E-state index contributed by atoms with van der Waals surface area (Å²) in [6, 6.07) is 0. The molecule has 0 aliphatic heterocycles. The predicted molar refractivity (Wildman–Crippen MR) is 52.4 cm³/mol. The molecule has 0 bridgehead atoms. The first-order valence-corrected chi connectivity index (χ1v) is 5.47. The first-order valence-electron chi connectivity index (χ1n) is 4.36. The summed E-state index contributed by atoms with van der Waals surface area (Å²) in [4.78, 5) is 22.7. The molecule has 0 heterocycles. The van der Waals surface area contributed by atoms with Crippen molar-refractivity contribution in [2.45, 2.75) is 25.5 Å². The van der Waals surface area contributed by atoms with Crippen molar-refractivity contribution in [2.24, 2.45) is 0 Å². The van der Waals surface area contributed by atoms with Crippen molar-refractivity contribution in [2.75, 3.05) is 13.2 Å². The van der Waals surface area contributed by atoms with Crippen molar-refractivity contribution >= 4 is 23.0 Å². The molecule has 88 valence electrons.